The number of rotatable bonds is 9. The van der Waals surface area contributed by atoms with E-state index in [1.165, 1.54) is 11.6 Å². The van der Waals surface area contributed by atoms with E-state index in [1.807, 2.05) is 31.2 Å². The van der Waals surface area contributed by atoms with E-state index in [0.29, 0.717) is 30.4 Å². The minimum atomic E-state index is -0.124. The fraction of sp³-hybridized carbons (Fsp3) is 0.318. The predicted octanol–water partition coefficient (Wildman–Crippen LogP) is 3.57. The summed E-state index contributed by atoms with van der Waals surface area (Å²) in [6, 6.07) is 11.4. The average molecular weight is 385 g/mol. The van der Waals surface area contributed by atoms with E-state index in [4.69, 9.17) is 18.9 Å². The Bertz CT molecular complexity index is 789. The van der Waals surface area contributed by atoms with Gasteiger partial charge in [0.15, 0.2) is 11.5 Å². The number of carbonyl (C=O) groups is 1. The molecule has 0 fully saturated rings. The molecule has 2 aromatic rings. The molecule has 0 unspecified atom stereocenters. The van der Waals surface area contributed by atoms with Gasteiger partial charge >= 0.3 is 0 Å². The average Bonchev–Trinajstić information content (AvgIpc) is 2.72. The number of amides is 1. The van der Waals surface area contributed by atoms with Crippen LogP contribution in [0.3, 0.4) is 0 Å². The summed E-state index contributed by atoms with van der Waals surface area (Å²) in [6.45, 7) is 2.92. The first-order valence-electron chi connectivity index (χ1n) is 8.91. The van der Waals surface area contributed by atoms with Crippen molar-refractivity contribution in [2.45, 2.75) is 6.92 Å². The third-order valence-corrected chi connectivity index (χ3v) is 4.20. The smallest absolute Gasteiger partial charge is 0.246 e. The molecule has 0 saturated heterocycles. The lowest BCUT2D eigenvalue weighted by atomic mass is 10.1. The van der Waals surface area contributed by atoms with Crippen molar-refractivity contribution in [3.63, 3.8) is 0 Å². The minimum Gasteiger partial charge on any atom is -0.493 e. The largest absolute Gasteiger partial charge is 0.493 e. The molecule has 0 saturated carbocycles. The van der Waals surface area contributed by atoms with Gasteiger partial charge in [0.25, 0.3) is 0 Å². The molecule has 0 aliphatic carbocycles. The van der Waals surface area contributed by atoms with Gasteiger partial charge in [-0.2, -0.15) is 0 Å². The summed E-state index contributed by atoms with van der Waals surface area (Å²) in [7, 11) is 6.39. The Labute approximate surface area is 166 Å². The second kappa shape index (κ2) is 10.3. The maximum atomic E-state index is 12.3. The van der Waals surface area contributed by atoms with Gasteiger partial charge in [-0.25, -0.2) is 0 Å². The minimum absolute atomic E-state index is 0.124. The van der Waals surface area contributed by atoms with Crippen molar-refractivity contribution in [3.8, 4) is 23.0 Å². The van der Waals surface area contributed by atoms with Crippen LogP contribution in [0, 0.1) is 6.92 Å². The number of aryl methyl sites for hydroxylation is 1. The highest BCUT2D eigenvalue weighted by Crippen LogP contribution is 2.38. The Morgan fingerprint density at radius 1 is 1.00 bits per heavy atom. The number of ether oxygens (including phenoxy) is 4. The molecule has 0 spiro atoms. The van der Waals surface area contributed by atoms with Gasteiger partial charge in [0.2, 0.25) is 11.7 Å². The normalized spacial score (nSPS) is 10.6. The lowest BCUT2D eigenvalue weighted by Gasteiger charge is -2.16. The van der Waals surface area contributed by atoms with E-state index in [1.54, 1.807) is 51.5 Å². The molecule has 0 bridgehead atoms. The Balaban J connectivity index is 1.95. The molecular formula is C22H27NO5. The zero-order chi connectivity index (χ0) is 20.5. The maximum absolute atomic E-state index is 12.3. The van der Waals surface area contributed by atoms with Crippen LogP contribution in [0.25, 0.3) is 6.08 Å². The summed E-state index contributed by atoms with van der Waals surface area (Å²) in [5.74, 6) is 2.25. The van der Waals surface area contributed by atoms with Crippen LogP contribution in [0.15, 0.2) is 42.5 Å². The third kappa shape index (κ3) is 5.67. The van der Waals surface area contributed by atoms with Crippen molar-refractivity contribution >= 4 is 12.0 Å². The molecular weight excluding hydrogens is 358 g/mol. The van der Waals surface area contributed by atoms with Crippen molar-refractivity contribution in [2.75, 3.05) is 41.5 Å². The number of benzene rings is 2. The molecule has 28 heavy (non-hydrogen) atoms. The van der Waals surface area contributed by atoms with Gasteiger partial charge in [-0.1, -0.05) is 17.7 Å². The molecule has 150 valence electrons. The van der Waals surface area contributed by atoms with E-state index >= 15 is 0 Å². The summed E-state index contributed by atoms with van der Waals surface area (Å²) in [6.07, 6.45) is 3.22. The third-order valence-electron chi connectivity index (χ3n) is 4.20. The van der Waals surface area contributed by atoms with Gasteiger partial charge in [0.05, 0.1) is 27.9 Å². The van der Waals surface area contributed by atoms with Crippen LogP contribution in [-0.2, 0) is 4.79 Å². The number of carbonyl (C=O) groups excluding carboxylic acids is 1. The Kier molecular flexibility index (Phi) is 7.75. The van der Waals surface area contributed by atoms with Crippen molar-refractivity contribution in [2.24, 2.45) is 0 Å². The molecule has 0 N–H and O–H groups in total. The van der Waals surface area contributed by atoms with Crippen LogP contribution in [0.1, 0.15) is 11.1 Å². The molecule has 0 aromatic heterocycles. The zero-order valence-corrected chi connectivity index (χ0v) is 17.0. The fourth-order valence-electron chi connectivity index (χ4n) is 2.54. The highest BCUT2D eigenvalue weighted by atomic mass is 16.5. The van der Waals surface area contributed by atoms with Crippen molar-refractivity contribution in [3.05, 3.63) is 53.6 Å². The van der Waals surface area contributed by atoms with Crippen LogP contribution in [0.4, 0.5) is 0 Å². The molecule has 1 amide bonds. The summed E-state index contributed by atoms with van der Waals surface area (Å²) in [4.78, 5) is 13.9. The van der Waals surface area contributed by atoms with E-state index < -0.39 is 0 Å². The fourth-order valence-corrected chi connectivity index (χ4v) is 2.54. The summed E-state index contributed by atoms with van der Waals surface area (Å²) >= 11 is 0. The van der Waals surface area contributed by atoms with Gasteiger partial charge < -0.3 is 23.8 Å². The van der Waals surface area contributed by atoms with Crippen LogP contribution in [0.5, 0.6) is 23.0 Å². The highest BCUT2D eigenvalue weighted by molar-refractivity contribution is 5.91. The number of likely N-dealkylation sites (N-methyl/N-ethyl adjacent to an activating group) is 1. The standard InChI is InChI=1S/C22H27NO5/c1-16-6-9-18(10-7-16)28-13-12-23(2)21(24)11-8-17-14-19(25-3)22(27-5)20(15-17)26-4/h6-11,14-15H,12-13H2,1-5H3/b11-8+. The zero-order valence-electron chi connectivity index (χ0n) is 17.0. The molecule has 2 aromatic carbocycles. The predicted molar refractivity (Wildman–Crippen MR) is 109 cm³/mol. The Morgan fingerprint density at radius 3 is 2.14 bits per heavy atom. The van der Waals surface area contributed by atoms with E-state index in [-0.39, 0.29) is 5.91 Å². The molecule has 6 heteroatoms. The quantitative estimate of drug-likeness (QED) is 0.618. The first-order valence-corrected chi connectivity index (χ1v) is 8.91. The Hall–Kier alpha value is -3.15. The van der Waals surface area contributed by atoms with Crippen LogP contribution in [-0.4, -0.2) is 52.3 Å². The molecule has 0 heterocycles. The highest BCUT2D eigenvalue weighted by Gasteiger charge is 2.12. The monoisotopic (exact) mass is 385 g/mol. The lowest BCUT2D eigenvalue weighted by molar-refractivity contribution is -0.125. The van der Waals surface area contributed by atoms with Crippen LogP contribution < -0.4 is 18.9 Å². The van der Waals surface area contributed by atoms with E-state index in [9.17, 15) is 4.79 Å². The molecule has 2 rings (SSSR count). The van der Waals surface area contributed by atoms with Gasteiger partial charge in [0, 0.05) is 13.1 Å². The summed E-state index contributed by atoms with van der Waals surface area (Å²) in [5.41, 5.74) is 1.95. The van der Waals surface area contributed by atoms with Crippen LogP contribution in [0.2, 0.25) is 0 Å². The Morgan fingerprint density at radius 2 is 1.61 bits per heavy atom. The van der Waals surface area contributed by atoms with Gasteiger partial charge in [0.1, 0.15) is 12.4 Å². The van der Waals surface area contributed by atoms with Crippen molar-refractivity contribution in [1.82, 2.24) is 4.90 Å². The summed E-state index contributed by atoms with van der Waals surface area (Å²) in [5, 5.41) is 0. The number of nitrogens with zero attached hydrogens (tertiary/aromatic N) is 1. The lowest BCUT2D eigenvalue weighted by Crippen LogP contribution is -2.29. The summed E-state index contributed by atoms with van der Waals surface area (Å²) < 4.78 is 21.6. The van der Waals surface area contributed by atoms with Crippen molar-refractivity contribution in [1.29, 1.82) is 0 Å². The maximum Gasteiger partial charge on any atom is 0.246 e. The second-order valence-electron chi connectivity index (χ2n) is 6.21. The van der Waals surface area contributed by atoms with Crippen molar-refractivity contribution < 1.29 is 23.7 Å². The molecule has 0 aliphatic rings. The first-order chi connectivity index (χ1) is 13.5. The molecule has 6 nitrogen and oxygen atoms in total. The van der Waals surface area contributed by atoms with Gasteiger partial charge in [-0.05, 0) is 42.8 Å². The number of hydrogen-bond acceptors (Lipinski definition) is 5. The van der Waals surface area contributed by atoms with E-state index in [2.05, 4.69) is 0 Å². The SMILES string of the molecule is COc1cc(/C=C/C(=O)N(C)CCOc2ccc(C)cc2)cc(OC)c1OC. The second-order valence-corrected chi connectivity index (χ2v) is 6.21. The number of hydrogen-bond donors (Lipinski definition) is 0. The first kappa shape index (κ1) is 21.2. The van der Waals surface area contributed by atoms with Gasteiger partial charge in [-0.15, -0.1) is 0 Å². The van der Waals surface area contributed by atoms with Gasteiger partial charge in [-0.3, -0.25) is 4.79 Å². The van der Waals surface area contributed by atoms with E-state index in [0.717, 1.165) is 11.3 Å². The topological polar surface area (TPSA) is 57.2 Å². The molecule has 0 radical (unpaired) electrons. The molecule has 0 atom stereocenters. The number of methoxy groups -OCH3 is 3. The molecule has 0 aliphatic heterocycles. The van der Waals surface area contributed by atoms with Crippen LogP contribution >= 0.6 is 0 Å².